The smallest absolute Gasteiger partial charge is 0.252 e. The molecule has 162 valence electrons. The lowest BCUT2D eigenvalue weighted by Gasteiger charge is -2.26. The second kappa shape index (κ2) is 7.56. The summed E-state index contributed by atoms with van der Waals surface area (Å²) in [5, 5.41) is 10.7. The van der Waals surface area contributed by atoms with Crippen molar-refractivity contribution in [2.75, 3.05) is 0 Å². The van der Waals surface area contributed by atoms with Crippen LogP contribution >= 0.6 is 11.6 Å². The van der Waals surface area contributed by atoms with Gasteiger partial charge in [0.25, 0.3) is 5.91 Å². The molecule has 1 aromatic heterocycles. The van der Waals surface area contributed by atoms with Gasteiger partial charge < -0.3 is 14.6 Å². The molecular weight excluding hydrogens is 433 g/mol. The summed E-state index contributed by atoms with van der Waals surface area (Å²) in [5.41, 5.74) is -0.617. The molecule has 0 spiro atoms. The molecule has 1 aliphatic rings. The van der Waals surface area contributed by atoms with E-state index in [4.69, 9.17) is 16.3 Å². The number of aromatic nitrogens is 3. The number of halogens is 4. The summed E-state index contributed by atoms with van der Waals surface area (Å²) in [7, 11) is 0. The van der Waals surface area contributed by atoms with E-state index in [1.54, 1.807) is 25.3 Å². The molecular formula is C21H18ClF3N4O2. The standard InChI is InChI=1S/C21H18ClF3N4O2/c1-4-29-18(12-6-5-11-13(16(12)25)9-26-19(11)30)27-28-20(29)21(2,3)31-17-14(23)7-10(22)8-15(17)24/h5-8H,4,9H2,1-3H3,(H,26,30). The maximum atomic E-state index is 15.1. The van der Waals surface area contributed by atoms with Crippen LogP contribution in [0.25, 0.3) is 11.4 Å². The summed E-state index contributed by atoms with van der Waals surface area (Å²) in [6.45, 7) is 5.37. The van der Waals surface area contributed by atoms with Crippen molar-refractivity contribution >= 4 is 17.5 Å². The zero-order valence-electron chi connectivity index (χ0n) is 16.9. The van der Waals surface area contributed by atoms with E-state index in [1.807, 2.05) is 0 Å². The van der Waals surface area contributed by atoms with Crippen LogP contribution in [0, 0.1) is 17.5 Å². The number of hydrogen-bond donors (Lipinski definition) is 1. The lowest BCUT2D eigenvalue weighted by molar-refractivity contribution is 0.0827. The van der Waals surface area contributed by atoms with Gasteiger partial charge in [0.15, 0.2) is 34.6 Å². The van der Waals surface area contributed by atoms with Gasteiger partial charge >= 0.3 is 0 Å². The predicted octanol–water partition coefficient (Wildman–Crippen LogP) is 4.59. The molecule has 0 bridgehead atoms. The van der Waals surface area contributed by atoms with E-state index in [0.29, 0.717) is 6.54 Å². The molecule has 0 fully saturated rings. The van der Waals surface area contributed by atoms with Crippen molar-refractivity contribution in [1.82, 2.24) is 20.1 Å². The number of hydrogen-bond acceptors (Lipinski definition) is 4. The van der Waals surface area contributed by atoms with Crippen molar-refractivity contribution in [3.8, 4) is 17.1 Å². The molecule has 1 aliphatic heterocycles. The van der Waals surface area contributed by atoms with Gasteiger partial charge in [-0.15, -0.1) is 10.2 Å². The van der Waals surface area contributed by atoms with Gasteiger partial charge in [0, 0.05) is 29.2 Å². The second-order valence-electron chi connectivity index (χ2n) is 7.54. The molecule has 10 heteroatoms. The molecule has 31 heavy (non-hydrogen) atoms. The zero-order valence-corrected chi connectivity index (χ0v) is 17.6. The minimum Gasteiger partial charge on any atom is -0.474 e. The molecule has 1 N–H and O–H groups in total. The van der Waals surface area contributed by atoms with E-state index in [9.17, 15) is 13.6 Å². The molecule has 2 heterocycles. The van der Waals surface area contributed by atoms with Crippen LogP contribution in [0.3, 0.4) is 0 Å². The summed E-state index contributed by atoms with van der Waals surface area (Å²) in [5.74, 6) is -2.96. The monoisotopic (exact) mass is 450 g/mol. The zero-order chi connectivity index (χ0) is 22.5. The lowest BCUT2D eigenvalue weighted by atomic mass is 10.0. The summed E-state index contributed by atoms with van der Waals surface area (Å²) in [6, 6.07) is 4.89. The molecule has 0 radical (unpaired) electrons. The minimum absolute atomic E-state index is 0.0880. The number of ether oxygens (including phenoxy) is 1. The van der Waals surface area contributed by atoms with Crippen LogP contribution in [-0.4, -0.2) is 20.7 Å². The first kappa shape index (κ1) is 21.2. The molecule has 4 rings (SSSR count). The number of fused-ring (bicyclic) bond motifs is 1. The lowest BCUT2D eigenvalue weighted by Crippen LogP contribution is -2.30. The Hall–Kier alpha value is -3.07. The van der Waals surface area contributed by atoms with E-state index in [2.05, 4.69) is 15.5 Å². The first-order valence-corrected chi connectivity index (χ1v) is 9.89. The molecule has 0 saturated carbocycles. The molecule has 6 nitrogen and oxygen atoms in total. The van der Waals surface area contributed by atoms with Crippen LogP contribution in [0.2, 0.25) is 5.02 Å². The average molecular weight is 451 g/mol. The molecule has 0 atom stereocenters. The van der Waals surface area contributed by atoms with Crippen molar-refractivity contribution in [2.24, 2.45) is 0 Å². The number of nitrogens with zero attached hydrogens (tertiary/aromatic N) is 3. The summed E-state index contributed by atoms with van der Waals surface area (Å²) < 4.78 is 50.9. The van der Waals surface area contributed by atoms with Crippen molar-refractivity contribution in [3.05, 3.63) is 63.7 Å². The third kappa shape index (κ3) is 3.52. The maximum absolute atomic E-state index is 15.1. The number of amides is 1. The predicted molar refractivity (Wildman–Crippen MR) is 107 cm³/mol. The van der Waals surface area contributed by atoms with Crippen molar-refractivity contribution in [3.63, 3.8) is 0 Å². The molecule has 1 amide bonds. The Morgan fingerprint density at radius 3 is 2.45 bits per heavy atom. The Morgan fingerprint density at radius 2 is 1.81 bits per heavy atom. The first-order chi connectivity index (χ1) is 14.6. The van der Waals surface area contributed by atoms with Crippen LogP contribution in [0.4, 0.5) is 13.2 Å². The minimum atomic E-state index is -1.32. The molecule has 2 aromatic carbocycles. The largest absolute Gasteiger partial charge is 0.474 e. The van der Waals surface area contributed by atoms with Gasteiger partial charge in [-0.1, -0.05) is 11.6 Å². The third-order valence-corrected chi connectivity index (χ3v) is 5.30. The topological polar surface area (TPSA) is 69.0 Å². The number of carbonyl (C=O) groups excluding carboxylic acids is 1. The third-order valence-electron chi connectivity index (χ3n) is 5.08. The highest BCUT2D eigenvalue weighted by molar-refractivity contribution is 6.30. The van der Waals surface area contributed by atoms with Gasteiger partial charge in [0.2, 0.25) is 0 Å². The number of carbonyl (C=O) groups is 1. The van der Waals surface area contributed by atoms with Crippen molar-refractivity contribution < 1.29 is 22.7 Å². The van der Waals surface area contributed by atoms with Crippen LogP contribution in [0.15, 0.2) is 24.3 Å². The van der Waals surface area contributed by atoms with E-state index in [-0.39, 0.29) is 45.8 Å². The van der Waals surface area contributed by atoms with E-state index < -0.39 is 28.8 Å². The fourth-order valence-electron chi connectivity index (χ4n) is 3.62. The van der Waals surface area contributed by atoms with E-state index in [0.717, 1.165) is 12.1 Å². The molecule has 3 aromatic rings. The number of rotatable bonds is 5. The van der Waals surface area contributed by atoms with Crippen molar-refractivity contribution in [1.29, 1.82) is 0 Å². The highest BCUT2D eigenvalue weighted by Crippen LogP contribution is 2.35. The van der Waals surface area contributed by atoms with Crippen LogP contribution in [-0.2, 0) is 18.7 Å². The Bertz CT molecular complexity index is 1190. The summed E-state index contributed by atoms with van der Waals surface area (Å²) in [6.07, 6.45) is 0. The van der Waals surface area contributed by atoms with Gasteiger partial charge in [-0.05, 0) is 45.0 Å². The Morgan fingerprint density at radius 1 is 1.16 bits per heavy atom. The van der Waals surface area contributed by atoms with Crippen LogP contribution in [0.5, 0.6) is 5.75 Å². The highest BCUT2D eigenvalue weighted by Gasteiger charge is 2.34. The second-order valence-corrected chi connectivity index (χ2v) is 7.97. The van der Waals surface area contributed by atoms with Gasteiger partial charge in [0.1, 0.15) is 5.82 Å². The number of nitrogens with one attached hydrogen (secondary N) is 1. The SMILES string of the molecule is CCn1c(-c2ccc3c(c2F)CNC3=O)nnc1C(C)(C)Oc1c(F)cc(Cl)cc1F. The van der Waals surface area contributed by atoms with Gasteiger partial charge in [-0.25, -0.2) is 13.2 Å². The normalized spacial score (nSPS) is 13.3. The average Bonchev–Trinajstić information content (AvgIpc) is 3.30. The Balaban J connectivity index is 1.76. The van der Waals surface area contributed by atoms with Crippen LogP contribution < -0.4 is 10.1 Å². The quantitative estimate of drug-likeness (QED) is 0.617. The molecule has 0 saturated heterocycles. The molecule has 0 aliphatic carbocycles. The van der Waals surface area contributed by atoms with Gasteiger partial charge in [-0.2, -0.15) is 0 Å². The van der Waals surface area contributed by atoms with E-state index >= 15 is 4.39 Å². The fraction of sp³-hybridized carbons (Fsp3) is 0.286. The van der Waals surface area contributed by atoms with Gasteiger partial charge in [0.05, 0.1) is 5.56 Å². The Kier molecular flexibility index (Phi) is 5.17. The highest BCUT2D eigenvalue weighted by atomic mass is 35.5. The van der Waals surface area contributed by atoms with Crippen molar-refractivity contribution in [2.45, 2.75) is 39.5 Å². The fourth-order valence-corrected chi connectivity index (χ4v) is 3.81. The summed E-state index contributed by atoms with van der Waals surface area (Å²) in [4.78, 5) is 11.8. The summed E-state index contributed by atoms with van der Waals surface area (Å²) >= 11 is 5.67. The van der Waals surface area contributed by atoms with Crippen LogP contribution in [0.1, 0.15) is 42.5 Å². The maximum Gasteiger partial charge on any atom is 0.252 e. The van der Waals surface area contributed by atoms with E-state index in [1.165, 1.54) is 12.1 Å². The Labute approximate surface area is 181 Å². The van der Waals surface area contributed by atoms with Gasteiger partial charge in [-0.3, -0.25) is 4.79 Å². The number of benzene rings is 2. The first-order valence-electron chi connectivity index (χ1n) is 9.51. The molecule has 0 unspecified atom stereocenters.